The molecule has 1 heterocycles. The van der Waals surface area contributed by atoms with Crippen LogP contribution in [-0.2, 0) is 0 Å². The molecule has 140 valence electrons. The van der Waals surface area contributed by atoms with Crippen molar-refractivity contribution in [1.29, 1.82) is 0 Å². The highest BCUT2D eigenvalue weighted by Gasteiger charge is 2.21. The van der Waals surface area contributed by atoms with Crippen LogP contribution >= 0.6 is 23.4 Å². The average molecular weight is 405 g/mol. The van der Waals surface area contributed by atoms with E-state index in [9.17, 15) is 4.79 Å². The SMILES string of the molecule is COc1ccc(-c2nnc(S[C@@H](C)C(=O)c3ccc(Cl)cc3)o2)c(OC)c1. The van der Waals surface area contributed by atoms with Gasteiger partial charge in [-0.05, 0) is 43.3 Å². The van der Waals surface area contributed by atoms with Gasteiger partial charge < -0.3 is 13.9 Å². The summed E-state index contributed by atoms with van der Waals surface area (Å²) in [6, 6.07) is 12.1. The molecule has 0 saturated carbocycles. The van der Waals surface area contributed by atoms with Gasteiger partial charge in [0.05, 0.1) is 25.0 Å². The molecule has 0 radical (unpaired) electrons. The second kappa shape index (κ2) is 8.45. The minimum atomic E-state index is -0.391. The molecule has 3 rings (SSSR count). The molecule has 1 aromatic heterocycles. The van der Waals surface area contributed by atoms with Crippen LogP contribution in [0.5, 0.6) is 11.5 Å². The quantitative estimate of drug-likeness (QED) is 0.414. The smallest absolute Gasteiger partial charge is 0.277 e. The zero-order valence-electron chi connectivity index (χ0n) is 14.9. The van der Waals surface area contributed by atoms with Crippen molar-refractivity contribution in [3.8, 4) is 23.0 Å². The van der Waals surface area contributed by atoms with Gasteiger partial charge in [0, 0.05) is 16.7 Å². The predicted octanol–water partition coefficient (Wildman–Crippen LogP) is 4.77. The average Bonchev–Trinajstić information content (AvgIpc) is 3.15. The molecule has 0 bridgehead atoms. The first-order valence-corrected chi connectivity index (χ1v) is 9.30. The van der Waals surface area contributed by atoms with Crippen molar-refractivity contribution in [3.05, 3.63) is 53.1 Å². The molecule has 0 amide bonds. The van der Waals surface area contributed by atoms with Gasteiger partial charge in [-0.2, -0.15) is 0 Å². The second-order valence-corrected chi connectivity index (χ2v) is 7.30. The van der Waals surface area contributed by atoms with E-state index in [0.29, 0.717) is 38.8 Å². The molecule has 8 heteroatoms. The Morgan fingerprint density at radius 3 is 2.52 bits per heavy atom. The molecule has 0 aliphatic carbocycles. The Morgan fingerprint density at radius 2 is 1.85 bits per heavy atom. The van der Waals surface area contributed by atoms with Crippen LogP contribution in [0.4, 0.5) is 0 Å². The number of nitrogens with zero attached hydrogens (tertiary/aromatic N) is 2. The van der Waals surface area contributed by atoms with E-state index in [1.165, 1.54) is 11.8 Å². The van der Waals surface area contributed by atoms with E-state index < -0.39 is 5.25 Å². The lowest BCUT2D eigenvalue weighted by molar-refractivity contribution is 0.0993. The number of aromatic nitrogens is 2. The third-order valence-corrected chi connectivity index (χ3v) is 5.01. The monoisotopic (exact) mass is 404 g/mol. The summed E-state index contributed by atoms with van der Waals surface area (Å²) in [5.74, 6) is 1.48. The molecule has 0 unspecified atom stereocenters. The maximum atomic E-state index is 12.5. The van der Waals surface area contributed by atoms with Gasteiger partial charge in [-0.1, -0.05) is 23.4 Å². The molecular formula is C19H17ClN2O4S. The Kier molecular flexibility index (Phi) is 6.03. The molecular weight excluding hydrogens is 388 g/mol. The summed E-state index contributed by atoms with van der Waals surface area (Å²) < 4.78 is 16.3. The van der Waals surface area contributed by atoms with E-state index in [4.69, 9.17) is 25.5 Å². The van der Waals surface area contributed by atoms with Crippen molar-refractivity contribution in [2.75, 3.05) is 14.2 Å². The number of ketones is 1. The topological polar surface area (TPSA) is 74.5 Å². The minimum Gasteiger partial charge on any atom is -0.497 e. The zero-order chi connectivity index (χ0) is 19.4. The van der Waals surface area contributed by atoms with Gasteiger partial charge in [-0.15, -0.1) is 10.2 Å². The Morgan fingerprint density at radius 1 is 1.11 bits per heavy atom. The van der Waals surface area contributed by atoms with Gasteiger partial charge in [0.15, 0.2) is 5.78 Å². The summed E-state index contributed by atoms with van der Waals surface area (Å²) in [5, 5.41) is 8.58. The number of hydrogen-bond donors (Lipinski definition) is 0. The Labute approximate surface area is 165 Å². The first-order valence-electron chi connectivity index (χ1n) is 8.04. The lowest BCUT2D eigenvalue weighted by Crippen LogP contribution is -2.13. The Bertz CT molecular complexity index is 943. The van der Waals surface area contributed by atoms with Crippen LogP contribution in [0, 0.1) is 0 Å². The first-order chi connectivity index (χ1) is 13.0. The summed E-state index contributed by atoms with van der Waals surface area (Å²) in [6.45, 7) is 1.79. The van der Waals surface area contributed by atoms with E-state index in [-0.39, 0.29) is 5.78 Å². The number of methoxy groups -OCH3 is 2. The molecule has 0 N–H and O–H groups in total. The molecule has 0 aliphatic rings. The van der Waals surface area contributed by atoms with E-state index in [1.54, 1.807) is 63.6 Å². The second-order valence-electron chi connectivity index (χ2n) is 5.57. The fourth-order valence-electron chi connectivity index (χ4n) is 2.40. The van der Waals surface area contributed by atoms with E-state index in [2.05, 4.69) is 10.2 Å². The van der Waals surface area contributed by atoms with Crippen LogP contribution in [-0.4, -0.2) is 35.5 Å². The third kappa shape index (κ3) is 4.43. The van der Waals surface area contributed by atoms with Gasteiger partial charge in [0.25, 0.3) is 11.1 Å². The Hall–Kier alpha value is -2.51. The van der Waals surface area contributed by atoms with Gasteiger partial charge >= 0.3 is 0 Å². The lowest BCUT2D eigenvalue weighted by Gasteiger charge is -2.08. The van der Waals surface area contributed by atoms with Gasteiger partial charge in [-0.3, -0.25) is 4.79 Å². The van der Waals surface area contributed by atoms with Crippen molar-refractivity contribution < 1.29 is 18.7 Å². The highest BCUT2D eigenvalue weighted by atomic mass is 35.5. The molecule has 6 nitrogen and oxygen atoms in total. The maximum absolute atomic E-state index is 12.5. The highest BCUT2D eigenvalue weighted by Crippen LogP contribution is 2.34. The molecule has 1 atom stereocenters. The molecule has 0 spiro atoms. The van der Waals surface area contributed by atoms with Crippen LogP contribution in [0.3, 0.4) is 0 Å². The summed E-state index contributed by atoms with van der Waals surface area (Å²) in [5.41, 5.74) is 1.23. The molecule has 27 heavy (non-hydrogen) atoms. The van der Waals surface area contributed by atoms with Gasteiger partial charge in [-0.25, -0.2) is 0 Å². The predicted molar refractivity (Wildman–Crippen MR) is 104 cm³/mol. The summed E-state index contributed by atoms with van der Waals surface area (Å²) >= 11 is 7.06. The molecule has 0 fully saturated rings. The van der Waals surface area contributed by atoms with E-state index >= 15 is 0 Å². The van der Waals surface area contributed by atoms with Crippen molar-refractivity contribution in [2.24, 2.45) is 0 Å². The normalized spacial score (nSPS) is 11.9. The molecule has 0 aliphatic heterocycles. The van der Waals surface area contributed by atoms with Crippen molar-refractivity contribution in [2.45, 2.75) is 17.4 Å². The summed E-state index contributed by atoms with van der Waals surface area (Å²) in [7, 11) is 3.13. The van der Waals surface area contributed by atoms with Crippen LogP contribution in [0.2, 0.25) is 5.02 Å². The third-order valence-electron chi connectivity index (χ3n) is 3.82. The van der Waals surface area contributed by atoms with Crippen LogP contribution in [0.1, 0.15) is 17.3 Å². The number of halogens is 1. The molecule has 3 aromatic rings. The fourth-order valence-corrected chi connectivity index (χ4v) is 3.28. The van der Waals surface area contributed by atoms with Crippen LogP contribution in [0.25, 0.3) is 11.5 Å². The number of ether oxygens (including phenoxy) is 2. The van der Waals surface area contributed by atoms with Crippen LogP contribution in [0.15, 0.2) is 52.1 Å². The largest absolute Gasteiger partial charge is 0.497 e. The van der Waals surface area contributed by atoms with Gasteiger partial charge in [0.2, 0.25) is 0 Å². The highest BCUT2D eigenvalue weighted by molar-refractivity contribution is 8.00. The van der Waals surface area contributed by atoms with Gasteiger partial charge in [0.1, 0.15) is 11.5 Å². The van der Waals surface area contributed by atoms with Crippen molar-refractivity contribution in [1.82, 2.24) is 10.2 Å². The summed E-state index contributed by atoms with van der Waals surface area (Å²) in [4.78, 5) is 12.5. The number of carbonyl (C=O) groups excluding carboxylic acids is 1. The molecule has 2 aromatic carbocycles. The molecule has 0 saturated heterocycles. The number of benzene rings is 2. The van der Waals surface area contributed by atoms with Crippen molar-refractivity contribution >= 4 is 29.1 Å². The number of thioether (sulfide) groups is 1. The first kappa shape index (κ1) is 19.3. The van der Waals surface area contributed by atoms with E-state index in [1.807, 2.05) is 0 Å². The number of rotatable bonds is 7. The summed E-state index contributed by atoms with van der Waals surface area (Å²) in [6.07, 6.45) is 0. The zero-order valence-corrected chi connectivity index (χ0v) is 16.5. The number of carbonyl (C=O) groups is 1. The Balaban J connectivity index is 1.76. The van der Waals surface area contributed by atoms with Crippen molar-refractivity contribution in [3.63, 3.8) is 0 Å². The number of hydrogen-bond acceptors (Lipinski definition) is 7. The lowest BCUT2D eigenvalue weighted by atomic mass is 10.1. The standard InChI is InChI=1S/C19H17ClN2O4S/c1-11(17(23)12-4-6-13(20)7-5-12)27-19-22-21-18(26-19)15-9-8-14(24-2)10-16(15)25-3/h4-11H,1-3H3/t11-/m0/s1. The number of Topliss-reactive ketones (excluding diaryl/α,β-unsaturated/α-hetero) is 1. The fraction of sp³-hybridized carbons (Fsp3) is 0.211. The van der Waals surface area contributed by atoms with E-state index in [0.717, 1.165) is 0 Å². The maximum Gasteiger partial charge on any atom is 0.277 e. The minimum absolute atomic E-state index is 0.0431. The van der Waals surface area contributed by atoms with Crippen LogP contribution < -0.4 is 9.47 Å².